The molecule has 0 bridgehead atoms. The fourth-order valence-electron chi connectivity index (χ4n) is 2.61. The van der Waals surface area contributed by atoms with Crippen LogP contribution in [0, 0.1) is 11.8 Å². The first-order chi connectivity index (χ1) is 7.20. The zero-order valence-corrected chi connectivity index (χ0v) is 9.06. The summed E-state index contributed by atoms with van der Waals surface area (Å²) >= 11 is 0. The SMILES string of the molecule is NCC1CCN(C(CC(=O)O)C2CC2)C1. The average Bonchev–Trinajstić information content (AvgIpc) is 2.92. The van der Waals surface area contributed by atoms with Gasteiger partial charge in [0.2, 0.25) is 0 Å². The molecule has 0 aromatic rings. The van der Waals surface area contributed by atoms with Crippen molar-refractivity contribution < 1.29 is 9.90 Å². The summed E-state index contributed by atoms with van der Waals surface area (Å²) in [7, 11) is 0. The topological polar surface area (TPSA) is 66.6 Å². The monoisotopic (exact) mass is 212 g/mol. The first kappa shape index (κ1) is 10.9. The van der Waals surface area contributed by atoms with Crippen LogP contribution in [0.15, 0.2) is 0 Å². The highest BCUT2D eigenvalue weighted by atomic mass is 16.4. The molecule has 2 unspecified atom stereocenters. The zero-order chi connectivity index (χ0) is 10.8. The van der Waals surface area contributed by atoms with Crippen molar-refractivity contribution in [2.75, 3.05) is 19.6 Å². The van der Waals surface area contributed by atoms with E-state index in [0.29, 0.717) is 18.3 Å². The van der Waals surface area contributed by atoms with Gasteiger partial charge in [0.05, 0.1) is 6.42 Å². The van der Waals surface area contributed by atoms with Crippen LogP contribution in [0.5, 0.6) is 0 Å². The molecule has 86 valence electrons. The quantitative estimate of drug-likeness (QED) is 0.697. The molecule has 4 heteroatoms. The van der Waals surface area contributed by atoms with Gasteiger partial charge in [-0.05, 0) is 44.2 Å². The number of likely N-dealkylation sites (tertiary alicyclic amines) is 1. The highest BCUT2D eigenvalue weighted by Gasteiger charge is 2.38. The second-order valence-corrected chi connectivity index (χ2v) is 4.89. The number of carbonyl (C=O) groups is 1. The molecule has 2 atom stereocenters. The Morgan fingerprint density at radius 1 is 1.47 bits per heavy atom. The van der Waals surface area contributed by atoms with E-state index < -0.39 is 5.97 Å². The van der Waals surface area contributed by atoms with Gasteiger partial charge >= 0.3 is 5.97 Å². The summed E-state index contributed by atoms with van der Waals surface area (Å²) in [5.41, 5.74) is 5.65. The predicted octanol–water partition coefficient (Wildman–Crippen LogP) is 0.520. The van der Waals surface area contributed by atoms with Crippen LogP contribution >= 0.6 is 0 Å². The van der Waals surface area contributed by atoms with E-state index in [0.717, 1.165) is 26.1 Å². The molecule has 0 aromatic heterocycles. The highest BCUT2D eigenvalue weighted by Crippen LogP contribution is 2.38. The van der Waals surface area contributed by atoms with Gasteiger partial charge in [-0.3, -0.25) is 9.69 Å². The Hall–Kier alpha value is -0.610. The number of aliphatic carboxylic acids is 1. The lowest BCUT2D eigenvalue weighted by molar-refractivity contribution is -0.138. The number of carboxylic acid groups (broad SMARTS) is 1. The molecular formula is C11H20N2O2. The van der Waals surface area contributed by atoms with Crippen LogP contribution in [0.2, 0.25) is 0 Å². The first-order valence-corrected chi connectivity index (χ1v) is 5.86. The lowest BCUT2D eigenvalue weighted by Crippen LogP contribution is -2.37. The Labute approximate surface area is 90.4 Å². The van der Waals surface area contributed by atoms with Crippen molar-refractivity contribution in [1.29, 1.82) is 0 Å². The molecule has 1 heterocycles. The number of nitrogens with two attached hydrogens (primary N) is 1. The van der Waals surface area contributed by atoms with Crippen molar-refractivity contribution >= 4 is 5.97 Å². The normalized spacial score (nSPS) is 29.3. The number of nitrogens with zero attached hydrogens (tertiary/aromatic N) is 1. The van der Waals surface area contributed by atoms with Gasteiger partial charge in [-0.25, -0.2) is 0 Å². The summed E-state index contributed by atoms with van der Waals surface area (Å²) in [6, 6.07) is 0.277. The Kier molecular flexibility index (Phi) is 3.26. The van der Waals surface area contributed by atoms with Crippen molar-refractivity contribution in [2.24, 2.45) is 17.6 Å². The average molecular weight is 212 g/mol. The maximum absolute atomic E-state index is 10.8. The van der Waals surface area contributed by atoms with Crippen LogP contribution in [0.3, 0.4) is 0 Å². The van der Waals surface area contributed by atoms with E-state index >= 15 is 0 Å². The minimum atomic E-state index is -0.664. The van der Waals surface area contributed by atoms with Gasteiger partial charge in [0, 0.05) is 12.6 Å². The van der Waals surface area contributed by atoms with Crippen LogP contribution in [-0.4, -0.2) is 41.7 Å². The largest absolute Gasteiger partial charge is 0.481 e. The van der Waals surface area contributed by atoms with Crippen LogP contribution in [0.4, 0.5) is 0 Å². The van der Waals surface area contributed by atoms with Crippen molar-refractivity contribution in [2.45, 2.75) is 31.7 Å². The Morgan fingerprint density at radius 3 is 2.67 bits per heavy atom. The van der Waals surface area contributed by atoms with Gasteiger partial charge in [0.25, 0.3) is 0 Å². The molecule has 2 fully saturated rings. The molecule has 1 saturated carbocycles. The van der Waals surface area contributed by atoms with E-state index in [2.05, 4.69) is 4.90 Å². The number of hydrogen-bond acceptors (Lipinski definition) is 3. The summed E-state index contributed by atoms with van der Waals surface area (Å²) in [4.78, 5) is 13.1. The first-order valence-electron chi connectivity index (χ1n) is 5.86. The third-order valence-corrected chi connectivity index (χ3v) is 3.67. The number of rotatable bonds is 5. The molecule has 0 aromatic carbocycles. The van der Waals surface area contributed by atoms with E-state index in [-0.39, 0.29) is 6.04 Å². The predicted molar refractivity (Wildman–Crippen MR) is 57.5 cm³/mol. The van der Waals surface area contributed by atoms with Crippen LogP contribution < -0.4 is 5.73 Å². The van der Waals surface area contributed by atoms with Gasteiger partial charge in [0.15, 0.2) is 0 Å². The van der Waals surface area contributed by atoms with Crippen molar-refractivity contribution in [3.05, 3.63) is 0 Å². The summed E-state index contributed by atoms with van der Waals surface area (Å²) in [5.74, 6) is 0.556. The molecule has 0 spiro atoms. The van der Waals surface area contributed by atoms with E-state index in [1.807, 2.05) is 0 Å². The van der Waals surface area contributed by atoms with E-state index in [1.165, 1.54) is 12.8 Å². The Balaban J connectivity index is 1.90. The molecule has 2 rings (SSSR count). The van der Waals surface area contributed by atoms with Crippen LogP contribution in [-0.2, 0) is 4.79 Å². The summed E-state index contributed by atoms with van der Waals surface area (Å²) in [5, 5.41) is 8.89. The summed E-state index contributed by atoms with van der Waals surface area (Å²) < 4.78 is 0. The van der Waals surface area contributed by atoms with Gasteiger partial charge in [0.1, 0.15) is 0 Å². The fourth-order valence-corrected chi connectivity index (χ4v) is 2.61. The molecule has 4 nitrogen and oxygen atoms in total. The fraction of sp³-hybridized carbons (Fsp3) is 0.909. The van der Waals surface area contributed by atoms with Crippen LogP contribution in [0.25, 0.3) is 0 Å². The molecule has 1 aliphatic heterocycles. The second-order valence-electron chi connectivity index (χ2n) is 4.89. The maximum Gasteiger partial charge on any atom is 0.304 e. The van der Waals surface area contributed by atoms with Crippen molar-refractivity contribution in [3.8, 4) is 0 Å². The Morgan fingerprint density at radius 2 is 2.20 bits per heavy atom. The third kappa shape index (κ3) is 2.69. The van der Waals surface area contributed by atoms with E-state index in [4.69, 9.17) is 10.8 Å². The minimum absolute atomic E-state index is 0.277. The smallest absolute Gasteiger partial charge is 0.304 e. The highest BCUT2D eigenvalue weighted by molar-refractivity contribution is 5.67. The minimum Gasteiger partial charge on any atom is -0.481 e. The lowest BCUT2D eigenvalue weighted by Gasteiger charge is -2.26. The van der Waals surface area contributed by atoms with Gasteiger partial charge in [-0.2, -0.15) is 0 Å². The number of carboxylic acids is 1. The molecule has 1 aliphatic carbocycles. The lowest BCUT2D eigenvalue weighted by atomic mass is 10.1. The molecule has 15 heavy (non-hydrogen) atoms. The molecule has 0 amide bonds. The van der Waals surface area contributed by atoms with E-state index in [1.54, 1.807) is 0 Å². The second kappa shape index (κ2) is 4.49. The molecule has 0 radical (unpaired) electrons. The van der Waals surface area contributed by atoms with Gasteiger partial charge in [-0.1, -0.05) is 0 Å². The molecule has 2 aliphatic rings. The Bertz CT molecular complexity index is 241. The van der Waals surface area contributed by atoms with Gasteiger partial charge in [-0.15, -0.1) is 0 Å². The van der Waals surface area contributed by atoms with Crippen molar-refractivity contribution in [3.63, 3.8) is 0 Å². The number of hydrogen-bond donors (Lipinski definition) is 2. The summed E-state index contributed by atoms with van der Waals surface area (Å²) in [6.07, 6.45) is 3.87. The van der Waals surface area contributed by atoms with E-state index in [9.17, 15) is 4.79 Å². The third-order valence-electron chi connectivity index (χ3n) is 3.67. The zero-order valence-electron chi connectivity index (χ0n) is 9.06. The molecule has 3 N–H and O–H groups in total. The maximum atomic E-state index is 10.8. The summed E-state index contributed by atoms with van der Waals surface area (Å²) in [6.45, 7) is 2.78. The molecular weight excluding hydrogens is 192 g/mol. The molecule has 1 saturated heterocycles. The van der Waals surface area contributed by atoms with Gasteiger partial charge < -0.3 is 10.8 Å². The standard InChI is InChI=1S/C11H20N2O2/c12-6-8-3-4-13(7-8)10(5-11(14)15)9-1-2-9/h8-10H,1-7,12H2,(H,14,15). The van der Waals surface area contributed by atoms with Crippen molar-refractivity contribution in [1.82, 2.24) is 4.90 Å². The van der Waals surface area contributed by atoms with Crippen LogP contribution in [0.1, 0.15) is 25.7 Å².